The van der Waals surface area contributed by atoms with Gasteiger partial charge in [-0.1, -0.05) is 333 Å². The fourth-order valence-electron chi connectivity index (χ4n) is 20.6. The van der Waals surface area contributed by atoms with Crippen LogP contribution in [0.25, 0.3) is 77.9 Å². The molecule has 16 aromatic carbocycles. The van der Waals surface area contributed by atoms with Crippen molar-refractivity contribution in [2.24, 2.45) is 0 Å². The third-order valence-corrected chi connectivity index (χ3v) is 27.0. The first-order valence-electron chi connectivity index (χ1n) is 38.6. The van der Waals surface area contributed by atoms with Gasteiger partial charge in [0.05, 0.1) is 11.4 Å². The first-order chi connectivity index (χ1) is 53.9. The van der Waals surface area contributed by atoms with Gasteiger partial charge in [0, 0.05) is 77.3 Å². The van der Waals surface area contributed by atoms with Gasteiger partial charge in [0.25, 0.3) is 0 Å². The Kier molecular flexibility index (Phi) is 14.7. The predicted molar refractivity (Wildman–Crippen MR) is 463 cm³/mol. The fraction of sp³-hybridized carbons (Fsp3) is 0.0943. The minimum absolute atomic E-state index is 0.132. The molecule has 16 aromatic rings. The van der Waals surface area contributed by atoms with Crippen LogP contribution in [0.4, 0.5) is 34.1 Å². The van der Waals surface area contributed by atoms with Crippen LogP contribution >= 0.6 is 31.9 Å². The molecule has 0 saturated carbocycles. The van der Waals surface area contributed by atoms with Crippen molar-refractivity contribution in [1.29, 1.82) is 0 Å². The first kappa shape index (κ1) is 65.2. The van der Waals surface area contributed by atoms with Crippen molar-refractivity contribution in [2.75, 3.05) is 9.80 Å². The van der Waals surface area contributed by atoms with Gasteiger partial charge in [-0.3, -0.25) is 0 Å². The molecule has 0 fully saturated rings. The highest BCUT2D eigenvalue weighted by molar-refractivity contribution is 9.10. The number of benzene rings is 16. The van der Waals surface area contributed by atoms with E-state index in [-0.39, 0.29) is 34.5 Å². The average Bonchev–Trinajstić information content (AvgIpc) is 0.971. The van der Waals surface area contributed by atoms with E-state index in [1.54, 1.807) is 0 Å². The lowest BCUT2D eigenvalue weighted by Crippen LogP contribution is -2.28. The van der Waals surface area contributed by atoms with Crippen LogP contribution in [-0.2, 0) is 10.8 Å². The molecule has 0 aromatic heterocycles. The summed E-state index contributed by atoms with van der Waals surface area (Å²) in [6.07, 6.45) is 0. The van der Waals surface area contributed by atoms with E-state index in [4.69, 9.17) is 0 Å². The molecule has 522 valence electrons. The van der Waals surface area contributed by atoms with Crippen molar-refractivity contribution >= 4 is 66.0 Å². The molecule has 8 aliphatic carbocycles. The van der Waals surface area contributed by atoms with Gasteiger partial charge in [-0.05, 0) is 235 Å². The van der Waals surface area contributed by atoms with Gasteiger partial charge in [0.15, 0.2) is 0 Å². The first-order valence-corrected chi connectivity index (χ1v) is 40.2. The zero-order chi connectivity index (χ0) is 73.4. The Morgan fingerprint density at radius 2 is 0.555 bits per heavy atom. The average molecular weight is 1540 g/mol. The lowest BCUT2D eigenvalue weighted by atomic mass is 9.60. The standard InChI is InChI=1S/C106H74Br2N2/c1-105(2)89-34-19-17-32-86(89)100-90(105)35-20-36-95(100)109(71-50-43-67(44-51-71)74-56-58-92(107)103-98-82-28-12-8-24-78(82)96(101(74)103)79-25-9-13-29-83(79)98)70-48-41-64(42-49-70)63-37-39-65(40-38-63)69-47-60-94(87(61-69)66-21-6-5-7-22-66)110(73-54-55-77-76-23-16-18-33-88(76)106(3,4)91(77)62-73)72-52-45-68(46-53-72)75-57-59-93(108)104-99-84-30-14-10-26-80(84)97(102(75)104)81-27-11-15-31-85(81)99/h5-62,96-99H,1-4H3. The topological polar surface area (TPSA) is 6.48 Å². The Bertz CT molecular complexity index is 6410. The highest BCUT2D eigenvalue weighted by Gasteiger charge is 2.46. The number of fused-ring (bicyclic) bond motifs is 6. The Morgan fingerprint density at radius 3 is 1.05 bits per heavy atom. The molecule has 24 rings (SSSR count). The van der Waals surface area contributed by atoms with Gasteiger partial charge < -0.3 is 9.80 Å². The van der Waals surface area contributed by atoms with Crippen molar-refractivity contribution in [3.05, 3.63) is 450 Å². The molecule has 0 spiro atoms. The molecule has 0 N–H and O–H groups in total. The molecule has 0 aliphatic heterocycles. The zero-order valence-corrected chi connectivity index (χ0v) is 64.6. The quantitative estimate of drug-likeness (QED) is 0.127. The van der Waals surface area contributed by atoms with Gasteiger partial charge in [-0.2, -0.15) is 0 Å². The monoisotopic (exact) mass is 1530 g/mol. The van der Waals surface area contributed by atoms with Gasteiger partial charge in [0.1, 0.15) is 0 Å². The summed E-state index contributed by atoms with van der Waals surface area (Å²) in [5.41, 5.74) is 45.8. The second-order valence-electron chi connectivity index (χ2n) is 31.8. The van der Waals surface area contributed by atoms with Crippen LogP contribution in [0.15, 0.2) is 361 Å². The normalized spacial score (nSPS) is 16.6. The molecule has 0 radical (unpaired) electrons. The summed E-state index contributed by atoms with van der Waals surface area (Å²) in [5.74, 6) is 0.601. The molecular formula is C106H74Br2N2. The summed E-state index contributed by atoms with van der Waals surface area (Å²) in [7, 11) is 0. The van der Waals surface area contributed by atoms with E-state index in [0.717, 1.165) is 61.8 Å². The van der Waals surface area contributed by atoms with Crippen LogP contribution in [0.5, 0.6) is 0 Å². The summed E-state index contributed by atoms with van der Waals surface area (Å²) >= 11 is 8.22. The Hall–Kier alpha value is -11.9. The number of halogens is 2. The minimum atomic E-state index is -0.193. The molecule has 0 saturated heterocycles. The van der Waals surface area contributed by atoms with Crippen molar-refractivity contribution in [2.45, 2.75) is 62.2 Å². The van der Waals surface area contributed by atoms with Crippen LogP contribution < -0.4 is 9.80 Å². The smallest absolute Gasteiger partial charge is 0.0543 e. The molecule has 0 unspecified atom stereocenters. The van der Waals surface area contributed by atoms with Crippen LogP contribution in [0, 0.1) is 0 Å². The molecule has 0 atom stereocenters. The van der Waals surface area contributed by atoms with Gasteiger partial charge in [-0.25, -0.2) is 0 Å². The Morgan fingerprint density at radius 1 is 0.218 bits per heavy atom. The third-order valence-electron chi connectivity index (χ3n) is 25.6. The number of nitrogens with zero attached hydrogens (tertiary/aromatic N) is 2. The summed E-state index contributed by atoms with van der Waals surface area (Å²) in [6.45, 7) is 9.52. The lowest BCUT2D eigenvalue weighted by molar-refractivity contribution is 0.660. The molecule has 0 heterocycles. The minimum Gasteiger partial charge on any atom is -0.310 e. The van der Waals surface area contributed by atoms with E-state index in [1.807, 2.05) is 0 Å². The number of hydrogen-bond donors (Lipinski definition) is 0. The zero-order valence-electron chi connectivity index (χ0n) is 61.4. The van der Waals surface area contributed by atoms with E-state index >= 15 is 0 Å². The Balaban J connectivity index is 0.622. The van der Waals surface area contributed by atoms with Crippen LogP contribution in [0.3, 0.4) is 0 Å². The summed E-state index contributed by atoms with van der Waals surface area (Å²) in [4.78, 5) is 5.00. The van der Waals surface area contributed by atoms with Crippen molar-refractivity contribution in [3.8, 4) is 77.9 Å². The largest absolute Gasteiger partial charge is 0.310 e. The molecule has 8 aliphatic rings. The molecule has 110 heavy (non-hydrogen) atoms. The van der Waals surface area contributed by atoms with Crippen molar-refractivity contribution in [3.63, 3.8) is 0 Å². The molecular weight excluding hydrogens is 1460 g/mol. The van der Waals surface area contributed by atoms with E-state index in [1.165, 1.54) is 148 Å². The Labute approximate surface area is 660 Å². The molecule has 4 bridgehead atoms. The van der Waals surface area contributed by atoms with Gasteiger partial charge in [-0.15, -0.1) is 0 Å². The van der Waals surface area contributed by atoms with Crippen LogP contribution in [0.1, 0.15) is 140 Å². The van der Waals surface area contributed by atoms with Crippen molar-refractivity contribution < 1.29 is 0 Å². The van der Waals surface area contributed by atoms with E-state index < -0.39 is 0 Å². The SMILES string of the molecule is CC1(C)c2ccccc2-c2ccc(N(c3ccc(-c4ccc(Br)c5c4C4c6ccccc6C5c5ccccc54)cc3)c3ccc(-c4ccc(-c5ccc(N(c6ccc(-c7ccc(Br)c8c7C7c9ccccc9C8c8ccccc87)cc6)c6cccc7c6-c6ccccc6C7(C)C)cc5)cc4)cc3-c3ccccc3)cc21. The summed E-state index contributed by atoms with van der Waals surface area (Å²) in [6, 6.07) is 133. The van der Waals surface area contributed by atoms with E-state index in [0.29, 0.717) is 0 Å². The summed E-state index contributed by atoms with van der Waals surface area (Å²) in [5, 5.41) is 0. The number of hydrogen-bond acceptors (Lipinski definition) is 2. The maximum Gasteiger partial charge on any atom is 0.0543 e. The van der Waals surface area contributed by atoms with Crippen LogP contribution in [-0.4, -0.2) is 0 Å². The molecule has 2 nitrogen and oxygen atoms in total. The molecule has 4 heteroatoms. The van der Waals surface area contributed by atoms with Crippen LogP contribution in [0.2, 0.25) is 0 Å². The molecule has 0 amide bonds. The lowest BCUT2D eigenvalue weighted by Gasteiger charge is -2.43. The van der Waals surface area contributed by atoms with E-state index in [2.05, 4.69) is 421 Å². The number of rotatable bonds is 11. The second kappa shape index (κ2) is 24.8. The van der Waals surface area contributed by atoms with Crippen molar-refractivity contribution in [1.82, 2.24) is 0 Å². The maximum atomic E-state index is 4.12. The third kappa shape index (κ3) is 9.65. The fourth-order valence-corrected chi connectivity index (χ4v) is 21.7. The highest BCUT2D eigenvalue weighted by Crippen LogP contribution is 2.63. The van der Waals surface area contributed by atoms with Gasteiger partial charge in [0.2, 0.25) is 0 Å². The maximum absolute atomic E-state index is 4.12. The summed E-state index contributed by atoms with van der Waals surface area (Å²) < 4.78 is 2.34. The second-order valence-corrected chi connectivity index (χ2v) is 33.6. The predicted octanol–water partition coefficient (Wildman–Crippen LogP) is 29.1. The van der Waals surface area contributed by atoms with E-state index in [9.17, 15) is 0 Å². The highest BCUT2D eigenvalue weighted by atomic mass is 79.9. The number of anilines is 6. The van der Waals surface area contributed by atoms with Gasteiger partial charge >= 0.3 is 0 Å².